The number of thiophene rings is 3. The third-order valence-corrected chi connectivity index (χ3v) is 26.9. The molecule has 18 heterocycles. The molecule has 24 rings (SSSR count). The first kappa shape index (κ1) is 75.4. The van der Waals surface area contributed by atoms with Crippen LogP contribution in [0.2, 0.25) is 0 Å². The number of fused-ring (bicyclic) bond motifs is 6. The molecular formula is C96H66O12S3Se3. The smallest absolute Gasteiger partial charge is 0.169 e. The molecule has 0 aliphatic carbocycles. The molecule has 18 heteroatoms. The fourth-order valence-corrected chi connectivity index (χ4v) is 21.5. The Hall–Kier alpha value is -12.7. The molecule has 0 aliphatic heterocycles. The van der Waals surface area contributed by atoms with Gasteiger partial charge in [-0.25, -0.2) is 0 Å². The third kappa shape index (κ3) is 19.1. The van der Waals surface area contributed by atoms with Gasteiger partial charge in [-0.05, 0) is 164 Å². The number of rotatable bonds is 9. The van der Waals surface area contributed by atoms with Crippen LogP contribution in [0, 0.1) is 0 Å². The zero-order valence-corrected chi connectivity index (χ0v) is 68.0. The Morgan fingerprint density at radius 1 is 0.246 bits per heavy atom. The van der Waals surface area contributed by atoms with E-state index in [1.54, 1.807) is 117 Å². The van der Waals surface area contributed by atoms with Crippen molar-refractivity contribution in [3.05, 3.63) is 399 Å². The summed E-state index contributed by atoms with van der Waals surface area (Å²) in [5, 5.41) is 11.6. The van der Waals surface area contributed by atoms with Gasteiger partial charge in [0, 0.05) is 38.2 Å². The van der Waals surface area contributed by atoms with Crippen LogP contribution in [0.15, 0.2) is 452 Å². The van der Waals surface area contributed by atoms with E-state index in [-0.39, 0.29) is 0 Å². The molecule has 0 bridgehead atoms. The Bertz CT molecular complexity index is 6060. The zero-order valence-electron chi connectivity index (χ0n) is 60.5. The third-order valence-electron chi connectivity index (χ3n) is 17.3. The van der Waals surface area contributed by atoms with Crippen LogP contribution >= 0.6 is 34.0 Å². The summed E-state index contributed by atoms with van der Waals surface area (Å²) in [6.45, 7) is 0. The second-order valence-electron chi connectivity index (χ2n) is 24.6. The molecule has 0 amide bonds. The number of benzene rings is 6. The predicted octanol–water partition coefficient (Wildman–Crippen LogP) is 29.6. The minimum absolute atomic E-state index is 0.488. The van der Waals surface area contributed by atoms with Crippen LogP contribution < -0.4 is 0 Å². The average Bonchev–Trinajstić information content (AvgIpc) is 1.16. The largest absolute Gasteiger partial charge is 0.464 e. The van der Waals surface area contributed by atoms with E-state index in [1.165, 1.54) is 65.9 Å². The van der Waals surface area contributed by atoms with Crippen molar-refractivity contribution in [2.45, 2.75) is 0 Å². The Morgan fingerprint density at radius 2 is 0.763 bits per heavy atom. The van der Waals surface area contributed by atoms with Gasteiger partial charge in [0.15, 0.2) is 34.2 Å². The molecule has 0 saturated carbocycles. The number of hydrogen-bond acceptors (Lipinski definition) is 15. The molecule has 0 fully saturated rings. The van der Waals surface area contributed by atoms with Crippen molar-refractivity contribution in [2.24, 2.45) is 0 Å². The maximum Gasteiger partial charge on any atom is 0.169 e. The second-order valence-corrected chi connectivity index (χ2v) is 33.8. The van der Waals surface area contributed by atoms with Crippen LogP contribution in [0.4, 0.5) is 0 Å². The molecule has 0 saturated heterocycles. The first-order valence-electron chi connectivity index (χ1n) is 35.8. The number of hydrogen-bond donors (Lipinski definition) is 0. The van der Waals surface area contributed by atoms with Crippen molar-refractivity contribution in [1.82, 2.24) is 0 Å². The van der Waals surface area contributed by atoms with Gasteiger partial charge in [-0.1, -0.05) is 127 Å². The van der Waals surface area contributed by atoms with Gasteiger partial charge >= 0.3 is 152 Å². The van der Waals surface area contributed by atoms with Crippen LogP contribution in [0.1, 0.15) is 0 Å². The Labute approximate surface area is 683 Å². The van der Waals surface area contributed by atoms with Gasteiger partial charge in [0.1, 0.15) is 28.8 Å². The van der Waals surface area contributed by atoms with Gasteiger partial charge in [0.05, 0.1) is 66.1 Å². The van der Waals surface area contributed by atoms with Crippen molar-refractivity contribution >= 4 is 139 Å². The van der Waals surface area contributed by atoms with Crippen LogP contribution in [0.3, 0.4) is 0 Å². The molecule has 0 spiro atoms. The van der Waals surface area contributed by atoms with Crippen molar-refractivity contribution in [1.29, 1.82) is 0 Å². The quantitative estimate of drug-likeness (QED) is 0.0996. The Balaban J connectivity index is 0.0000000973. The van der Waals surface area contributed by atoms with Crippen LogP contribution in [-0.2, 0) is 0 Å². The van der Waals surface area contributed by atoms with Gasteiger partial charge in [0.25, 0.3) is 0 Å². The van der Waals surface area contributed by atoms with Crippen molar-refractivity contribution < 1.29 is 53.0 Å². The van der Waals surface area contributed by atoms with Crippen LogP contribution in [-0.4, -0.2) is 43.5 Å². The van der Waals surface area contributed by atoms with Gasteiger partial charge in [0.2, 0.25) is 0 Å². The van der Waals surface area contributed by atoms with E-state index in [1.807, 2.05) is 181 Å². The predicted molar refractivity (Wildman–Crippen MR) is 464 cm³/mol. The molecule has 0 atom stereocenters. The molecule has 18 aromatic heterocycles. The Kier molecular flexibility index (Phi) is 25.2. The van der Waals surface area contributed by atoms with E-state index in [9.17, 15) is 0 Å². The summed E-state index contributed by atoms with van der Waals surface area (Å²) in [5.74, 6) is 9.71. The van der Waals surface area contributed by atoms with Crippen LogP contribution in [0.5, 0.6) is 0 Å². The van der Waals surface area contributed by atoms with Crippen molar-refractivity contribution in [2.75, 3.05) is 0 Å². The molecule has 12 nitrogen and oxygen atoms in total. The van der Waals surface area contributed by atoms with Gasteiger partial charge in [-0.2, -0.15) is 0 Å². The summed E-state index contributed by atoms with van der Waals surface area (Å²) in [6.07, 6.45) is 18.4. The van der Waals surface area contributed by atoms with E-state index >= 15 is 0 Å². The summed E-state index contributed by atoms with van der Waals surface area (Å²) in [5.41, 5.74) is 4.94. The maximum atomic E-state index is 5.64. The standard InChI is InChI=1S/C18H12O.C14H10O.C10H6O3.C10H6OS2.C10H6OSe2.C10H8O.C8H6O2.C8H6OS.C8H6OSe/c1-3-8-15-13(6-1)12-14-7-2-4-9-16(14)18(15)17-10-5-11-19-17;1-2-7-12-11(5-1)6-3-8-13(12)14-9-4-10-15-14;1-2-7(11-4-1)10-6-9-8(13-10)3-5-12-9;2*1-2-7(11-4-1)9-6-10-8(13-9)3-5-12-10;1-2-5-9(6-3-1)10-7-4-8-11-10;3*1-3-7(9-5-1)8-4-2-6-10-8/h1-12H;1-10H;3*1-6H;1-8H;3*1-6H. The van der Waals surface area contributed by atoms with Gasteiger partial charge < -0.3 is 44.2 Å². The van der Waals surface area contributed by atoms with E-state index in [4.69, 9.17) is 53.0 Å². The summed E-state index contributed by atoms with van der Waals surface area (Å²) in [4.78, 5) is 6.89. The first-order valence-corrected chi connectivity index (χ1v) is 43.8. The van der Waals surface area contributed by atoms with Gasteiger partial charge in [-0.3, -0.25) is 0 Å². The minimum Gasteiger partial charge on any atom is -0.464 e. The van der Waals surface area contributed by atoms with E-state index in [2.05, 4.69) is 143 Å². The van der Waals surface area contributed by atoms with E-state index in [0.717, 1.165) is 74.1 Å². The topological polar surface area (TPSA) is 158 Å². The molecular weight excluding hydrogens is 1680 g/mol. The molecule has 24 aromatic rings. The molecule has 0 radical (unpaired) electrons. The fraction of sp³-hybridized carbons (Fsp3) is 0. The fourth-order valence-electron chi connectivity index (χ4n) is 12.0. The molecule has 0 aliphatic rings. The maximum absolute atomic E-state index is 5.64. The average molecular weight is 1740 g/mol. The Morgan fingerprint density at radius 3 is 1.32 bits per heavy atom. The van der Waals surface area contributed by atoms with E-state index < -0.39 is 0 Å². The first-order chi connectivity index (χ1) is 56.5. The summed E-state index contributed by atoms with van der Waals surface area (Å²) >= 11 is 6.81. The molecule has 0 unspecified atom stereocenters. The van der Waals surface area contributed by atoms with Gasteiger partial charge in [-0.15, -0.1) is 34.0 Å². The van der Waals surface area contributed by atoms with Crippen molar-refractivity contribution in [3.8, 4) is 98.7 Å². The minimum atomic E-state index is 0.488. The summed E-state index contributed by atoms with van der Waals surface area (Å²) in [7, 11) is 0. The monoisotopic (exact) mass is 1750 g/mol. The summed E-state index contributed by atoms with van der Waals surface area (Å²) in [6, 6.07) is 103. The summed E-state index contributed by atoms with van der Waals surface area (Å²) < 4.78 is 71.9. The second kappa shape index (κ2) is 38.0. The number of furan rings is 12. The van der Waals surface area contributed by atoms with Crippen LogP contribution in [0.25, 0.3) is 160 Å². The normalized spacial score (nSPS) is 10.6. The SMILES string of the molecule is c1ccc(-c2ccco2)cc1.c1coc(-c2c3ccccc3cc3ccccc23)c1.c1coc(-c2cc3[se]ccc3[se]2)c1.c1coc(-c2cc3occc3o2)c1.c1coc(-c2cc3sccc3s2)c1.c1coc(-c2ccc[se]2)c1.c1coc(-c2cccc3ccccc23)c1.c1coc(-c2ccco2)c1.c1coc(-c2cccs2)c1. The molecule has 558 valence electrons. The van der Waals surface area contributed by atoms with E-state index in [0.29, 0.717) is 55.0 Å². The zero-order chi connectivity index (χ0) is 76.7. The molecule has 0 N–H and O–H groups in total. The molecule has 114 heavy (non-hydrogen) atoms. The molecule has 6 aromatic carbocycles. The van der Waals surface area contributed by atoms with Crippen molar-refractivity contribution in [3.63, 3.8) is 0 Å².